The summed E-state index contributed by atoms with van der Waals surface area (Å²) in [6.45, 7) is 13.4. The van der Waals surface area contributed by atoms with Crippen LogP contribution < -0.4 is 0 Å². The molecule has 4 nitrogen and oxygen atoms in total. The molecule has 5 heteroatoms. The Balaban J connectivity index is 4.08. The maximum Gasteiger partial charge on any atom is 0.333 e. The van der Waals surface area contributed by atoms with E-state index < -0.39 is 14.3 Å². The molecule has 0 amide bonds. The van der Waals surface area contributed by atoms with Gasteiger partial charge in [0.25, 0.3) is 0 Å². The Morgan fingerprint density at radius 2 is 1.89 bits per heavy atom. The van der Waals surface area contributed by atoms with Crippen LogP contribution in [0, 0.1) is 0 Å². The summed E-state index contributed by atoms with van der Waals surface area (Å²) < 4.78 is 15.8. The van der Waals surface area contributed by atoms with E-state index in [1.807, 2.05) is 6.92 Å². The van der Waals surface area contributed by atoms with Gasteiger partial charge in [-0.1, -0.05) is 20.8 Å². The maximum atomic E-state index is 10.8. The molecule has 1 unspecified atom stereocenters. The van der Waals surface area contributed by atoms with Gasteiger partial charge in [0, 0.05) is 0 Å². The van der Waals surface area contributed by atoms with Crippen LogP contribution in [-0.4, -0.2) is 34.1 Å². The fourth-order valence-electron chi connectivity index (χ4n) is 0.878. The fourth-order valence-corrected chi connectivity index (χ4v) is 1.96. The molecule has 0 spiro atoms. The van der Waals surface area contributed by atoms with Crippen LogP contribution in [-0.2, 0) is 18.7 Å². The average Bonchev–Trinajstić information content (AvgIpc) is 2.24. The molecular formula is C13H26O4Si. The molecule has 0 aliphatic carbocycles. The molecule has 0 saturated heterocycles. The van der Waals surface area contributed by atoms with E-state index in [1.54, 1.807) is 0 Å². The van der Waals surface area contributed by atoms with Gasteiger partial charge in [0.15, 0.2) is 8.32 Å². The van der Waals surface area contributed by atoms with Crippen molar-refractivity contribution in [1.29, 1.82) is 0 Å². The van der Waals surface area contributed by atoms with Crippen molar-refractivity contribution in [3.63, 3.8) is 0 Å². The van der Waals surface area contributed by atoms with E-state index in [9.17, 15) is 4.79 Å². The van der Waals surface area contributed by atoms with Crippen LogP contribution in [0.25, 0.3) is 0 Å². The predicted octanol–water partition coefficient (Wildman–Crippen LogP) is 3.10. The van der Waals surface area contributed by atoms with Crippen LogP contribution in [0.4, 0.5) is 0 Å². The molecule has 0 bridgehead atoms. The molecule has 0 fully saturated rings. The Labute approximate surface area is 111 Å². The summed E-state index contributed by atoms with van der Waals surface area (Å²) in [5, 5.41) is 0.189. The molecule has 0 heterocycles. The number of ether oxygens (including phenoxy) is 2. The van der Waals surface area contributed by atoms with Crippen molar-refractivity contribution >= 4 is 14.3 Å². The fraction of sp³-hybridized carbons (Fsp3) is 0.769. The Bertz CT molecular complexity index is 292. The third kappa shape index (κ3) is 6.21. The SMILES string of the molecule is COC(=O)/C=C/OC(C)CO[Si](C)(C)C(C)(C)C. The van der Waals surface area contributed by atoms with E-state index in [0.717, 1.165) is 0 Å². The van der Waals surface area contributed by atoms with Crippen molar-refractivity contribution in [3.8, 4) is 0 Å². The topological polar surface area (TPSA) is 44.8 Å². The van der Waals surface area contributed by atoms with Crippen LogP contribution in [0.2, 0.25) is 18.1 Å². The summed E-state index contributed by atoms with van der Waals surface area (Å²) >= 11 is 0. The number of esters is 1. The highest BCUT2D eigenvalue weighted by Gasteiger charge is 2.37. The second kappa shape index (κ2) is 6.94. The number of carbonyl (C=O) groups excluding carboxylic acids is 1. The van der Waals surface area contributed by atoms with Crippen LogP contribution in [0.15, 0.2) is 12.3 Å². The molecule has 0 aromatic heterocycles. The largest absolute Gasteiger partial charge is 0.496 e. The normalized spacial score (nSPS) is 14.6. The number of hydrogen-bond donors (Lipinski definition) is 0. The van der Waals surface area contributed by atoms with Gasteiger partial charge in [-0.05, 0) is 25.1 Å². The highest BCUT2D eigenvalue weighted by atomic mass is 28.4. The Kier molecular flexibility index (Phi) is 6.63. The number of rotatable bonds is 6. The third-order valence-corrected chi connectivity index (χ3v) is 7.70. The lowest BCUT2D eigenvalue weighted by molar-refractivity contribution is -0.135. The first-order valence-corrected chi connectivity index (χ1v) is 9.05. The molecule has 0 N–H and O–H groups in total. The minimum atomic E-state index is -1.73. The average molecular weight is 274 g/mol. The van der Waals surface area contributed by atoms with Crippen molar-refractivity contribution in [2.24, 2.45) is 0 Å². The third-order valence-electron chi connectivity index (χ3n) is 3.20. The summed E-state index contributed by atoms with van der Waals surface area (Å²) in [6, 6.07) is 0. The van der Waals surface area contributed by atoms with Gasteiger partial charge in [0.2, 0.25) is 0 Å². The molecule has 1 atom stereocenters. The summed E-state index contributed by atoms with van der Waals surface area (Å²) in [7, 11) is -0.401. The van der Waals surface area contributed by atoms with Gasteiger partial charge in [-0.15, -0.1) is 0 Å². The Hall–Kier alpha value is -0.813. The summed E-state index contributed by atoms with van der Waals surface area (Å²) in [5.41, 5.74) is 0. The van der Waals surface area contributed by atoms with E-state index in [2.05, 4.69) is 38.6 Å². The standard InChI is InChI=1S/C13H26O4Si/c1-11(16-9-8-12(14)15-5)10-17-18(6,7)13(2,3)4/h8-9,11H,10H2,1-7H3/b9-8+. The summed E-state index contributed by atoms with van der Waals surface area (Å²) in [5.74, 6) is -0.424. The van der Waals surface area contributed by atoms with E-state index in [0.29, 0.717) is 6.61 Å². The van der Waals surface area contributed by atoms with E-state index >= 15 is 0 Å². The zero-order valence-electron chi connectivity index (χ0n) is 12.6. The zero-order chi connectivity index (χ0) is 14.4. The first-order chi connectivity index (χ1) is 8.10. The molecule has 0 radical (unpaired) electrons. The molecule has 0 aromatic carbocycles. The van der Waals surface area contributed by atoms with E-state index in [-0.39, 0.29) is 11.1 Å². The molecular weight excluding hydrogens is 248 g/mol. The van der Waals surface area contributed by atoms with Crippen molar-refractivity contribution < 1.29 is 18.7 Å². The zero-order valence-corrected chi connectivity index (χ0v) is 13.6. The highest BCUT2D eigenvalue weighted by Crippen LogP contribution is 2.36. The number of carbonyl (C=O) groups is 1. The maximum absolute atomic E-state index is 10.8. The monoisotopic (exact) mass is 274 g/mol. The van der Waals surface area contributed by atoms with Gasteiger partial charge in [-0.25, -0.2) is 4.79 Å². The lowest BCUT2D eigenvalue weighted by Crippen LogP contribution is -2.42. The molecule has 18 heavy (non-hydrogen) atoms. The highest BCUT2D eigenvalue weighted by molar-refractivity contribution is 6.74. The van der Waals surface area contributed by atoms with E-state index in [4.69, 9.17) is 9.16 Å². The molecule has 0 saturated carbocycles. The minimum absolute atomic E-state index is 0.0833. The van der Waals surface area contributed by atoms with E-state index in [1.165, 1.54) is 19.4 Å². The van der Waals surface area contributed by atoms with Crippen molar-refractivity contribution in [3.05, 3.63) is 12.3 Å². The van der Waals surface area contributed by atoms with Gasteiger partial charge < -0.3 is 13.9 Å². The van der Waals surface area contributed by atoms with Gasteiger partial charge in [0.05, 0.1) is 26.1 Å². The van der Waals surface area contributed by atoms with Crippen LogP contribution in [0.1, 0.15) is 27.7 Å². The predicted molar refractivity (Wildman–Crippen MR) is 74.9 cm³/mol. The van der Waals surface area contributed by atoms with Crippen molar-refractivity contribution in [2.45, 2.75) is 51.9 Å². The number of hydrogen-bond acceptors (Lipinski definition) is 4. The summed E-state index contributed by atoms with van der Waals surface area (Å²) in [6.07, 6.45) is 2.52. The first kappa shape index (κ1) is 17.2. The Morgan fingerprint density at radius 3 is 2.33 bits per heavy atom. The minimum Gasteiger partial charge on any atom is -0.496 e. The molecule has 0 rings (SSSR count). The quantitative estimate of drug-likeness (QED) is 0.323. The van der Waals surface area contributed by atoms with Crippen LogP contribution in [0.3, 0.4) is 0 Å². The smallest absolute Gasteiger partial charge is 0.333 e. The molecule has 0 aliphatic rings. The van der Waals surface area contributed by atoms with Crippen molar-refractivity contribution in [2.75, 3.05) is 13.7 Å². The lowest BCUT2D eigenvalue weighted by atomic mass is 10.2. The van der Waals surface area contributed by atoms with Crippen LogP contribution >= 0.6 is 0 Å². The Morgan fingerprint density at radius 1 is 1.33 bits per heavy atom. The summed E-state index contributed by atoms with van der Waals surface area (Å²) in [4.78, 5) is 10.8. The molecule has 106 valence electrons. The molecule has 0 aromatic rings. The van der Waals surface area contributed by atoms with Crippen molar-refractivity contribution in [1.82, 2.24) is 0 Å². The van der Waals surface area contributed by atoms with Gasteiger partial charge in [0.1, 0.15) is 6.10 Å². The van der Waals surface area contributed by atoms with Gasteiger partial charge >= 0.3 is 5.97 Å². The second-order valence-corrected chi connectivity index (χ2v) is 10.7. The molecule has 0 aliphatic heterocycles. The second-order valence-electron chi connectivity index (χ2n) is 5.84. The number of methoxy groups -OCH3 is 1. The van der Waals surface area contributed by atoms with Crippen LogP contribution in [0.5, 0.6) is 0 Å². The lowest BCUT2D eigenvalue weighted by Gasteiger charge is -2.36. The van der Waals surface area contributed by atoms with Gasteiger partial charge in [-0.3, -0.25) is 0 Å². The van der Waals surface area contributed by atoms with Gasteiger partial charge in [-0.2, -0.15) is 0 Å². The first-order valence-electron chi connectivity index (χ1n) is 6.14.